The normalized spacial score (nSPS) is 11.0. The van der Waals surface area contributed by atoms with Gasteiger partial charge in [0.2, 0.25) is 0 Å². The van der Waals surface area contributed by atoms with Crippen molar-refractivity contribution >= 4 is 22.8 Å². The summed E-state index contributed by atoms with van der Waals surface area (Å²) in [6, 6.07) is 7.33. The van der Waals surface area contributed by atoms with E-state index in [0.29, 0.717) is 31.0 Å². The summed E-state index contributed by atoms with van der Waals surface area (Å²) in [6.07, 6.45) is 0.612. The highest BCUT2D eigenvalue weighted by molar-refractivity contribution is 6.06. The molecular weight excluding hydrogens is 294 g/mol. The Morgan fingerprint density at radius 3 is 2.78 bits per heavy atom. The number of H-pyrrole nitrogens is 1. The number of nitrogens with zero attached hydrogens (tertiary/aromatic N) is 1. The van der Waals surface area contributed by atoms with Crippen LogP contribution in [-0.4, -0.2) is 40.9 Å². The van der Waals surface area contributed by atoms with E-state index in [1.807, 2.05) is 32.0 Å². The lowest BCUT2D eigenvalue weighted by atomic mass is 10.2. The lowest BCUT2D eigenvalue weighted by molar-refractivity contribution is 0.0839. The van der Waals surface area contributed by atoms with Crippen LogP contribution in [0, 0.1) is 5.41 Å². The van der Waals surface area contributed by atoms with Gasteiger partial charge in [0.15, 0.2) is 5.96 Å². The van der Waals surface area contributed by atoms with Crippen molar-refractivity contribution in [2.24, 2.45) is 11.5 Å². The first-order valence-electron chi connectivity index (χ1n) is 7.58. The summed E-state index contributed by atoms with van der Waals surface area (Å²) >= 11 is 0. The largest absolute Gasteiger partial charge is 0.490 e. The summed E-state index contributed by atoms with van der Waals surface area (Å²) in [5, 5.41) is 8.41. The molecule has 0 saturated carbocycles. The second kappa shape index (κ2) is 7.15. The van der Waals surface area contributed by atoms with Gasteiger partial charge >= 0.3 is 0 Å². The second-order valence-electron chi connectivity index (χ2n) is 5.55. The van der Waals surface area contributed by atoms with Gasteiger partial charge in [0.25, 0.3) is 5.91 Å². The first-order chi connectivity index (χ1) is 10.9. The van der Waals surface area contributed by atoms with Crippen LogP contribution in [0.15, 0.2) is 24.3 Å². The zero-order valence-electron chi connectivity index (χ0n) is 13.4. The van der Waals surface area contributed by atoms with Gasteiger partial charge in [-0.15, -0.1) is 0 Å². The van der Waals surface area contributed by atoms with Crippen molar-refractivity contribution < 1.29 is 9.53 Å². The Morgan fingerprint density at radius 1 is 1.43 bits per heavy atom. The Bertz CT molecular complexity index is 708. The van der Waals surface area contributed by atoms with E-state index in [0.717, 1.165) is 10.9 Å². The average Bonchev–Trinajstić information content (AvgIpc) is 2.91. The third-order valence-corrected chi connectivity index (χ3v) is 3.34. The number of aromatic nitrogens is 1. The number of guanidine groups is 1. The van der Waals surface area contributed by atoms with Crippen LogP contribution in [0.2, 0.25) is 0 Å². The summed E-state index contributed by atoms with van der Waals surface area (Å²) in [4.78, 5) is 16.9. The number of hydrogen-bond donors (Lipinski definition) is 4. The van der Waals surface area contributed by atoms with Crippen LogP contribution in [0.4, 0.5) is 0 Å². The molecule has 1 heterocycles. The molecule has 0 unspecified atom stereocenters. The molecule has 0 aliphatic carbocycles. The number of aromatic amines is 1. The number of carbonyl (C=O) groups is 1. The van der Waals surface area contributed by atoms with Crippen LogP contribution in [0.5, 0.6) is 5.75 Å². The summed E-state index contributed by atoms with van der Waals surface area (Å²) in [7, 11) is 0. The van der Waals surface area contributed by atoms with Gasteiger partial charge in [-0.1, -0.05) is 6.07 Å². The monoisotopic (exact) mass is 317 g/mol. The molecule has 7 heteroatoms. The Kier molecular flexibility index (Phi) is 5.23. The molecule has 6 N–H and O–H groups in total. The number of hydrogen-bond acceptors (Lipinski definition) is 4. The van der Waals surface area contributed by atoms with Crippen molar-refractivity contribution in [2.75, 3.05) is 13.1 Å². The third kappa shape index (κ3) is 3.81. The molecule has 0 fully saturated rings. The zero-order chi connectivity index (χ0) is 17.0. The molecule has 0 aliphatic rings. The van der Waals surface area contributed by atoms with Crippen LogP contribution in [0.1, 0.15) is 30.8 Å². The minimum atomic E-state index is -0.349. The van der Waals surface area contributed by atoms with E-state index in [2.05, 4.69) is 4.98 Å². The van der Waals surface area contributed by atoms with Gasteiger partial charge in [0.1, 0.15) is 11.4 Å². The molecule has 7 nitrogen and oxygen atoms in total. The highest BCUT2D eigenvalue weighted by atomic mass is 16.5. The SMILES string of the molecule is CC(C)Oc1cccc2[nH]c(C(=O)N(CCCN)C(=N)N)cc12. The first-order valence-corrected chi connectivity index (χ1v) is 7.58. The van der Waals surface area contributed by atoms with Gasteiger partial charge in [-0.3, -0.25) is 15.1 Å². The van der Waals surface area contributed by atoms with Crippen LogP contribution >= 0.6 is 0 Å². The smallest absolute Gasteiger partial charge is 0.277 e. The fourth-order valence-corrected chi connectivity index (χ4v) is 2.33. The summed E-state index contributed by atoms with van der Waals surface area (Å²) < 4.78 is 5.76. The predicted octanol–water partition coefficient (Wildman–Crippen LogP) is 1.64. The minimum absolute atomic E-state index is 0.0351. The summed E-state index contributed by atoms with van der Waals surface area (Å²) in [6.45, 7) is 4.63. The van der Waals surface area contributed by atoms with Gasteiger partial charge in [-0.05, 0) is 45.0 Å². The fourth-order valence-electron chi connectivity index (χ4n) is 2.33. The van der Waals surface area contributed by atoms with Crippen LogP contribution in [0.3, 0.4) is 0 Å². The summed E-state index contributed by atoms with van der Waals surface area (Å²) in [5.74, 6) is 0.0718. The minimum Gasteiger partial charge on any atom is -0.490 e. The zero-order valence-corrected chi connectivity index (χ0v) is 13.4. The van der Waals surface area contributed by atoms with E-state index in [1.165, 1.54) is 4.90 Å². The van der Waals surface area contributed by atoms with Gasteiger partial charge in [-0.25, -0.2) is 0 Å². The molecule has 124 valence electrons. The van der Waals surface area contributed by atoms with E-state index in [1.54, 1.807) is 6.07 Å². The van der Waals surface area contributed by atoms with Crippen molar-refractivity contribution in [3.63, 3.8) is 0 Å². The van der Waals surface area contributed by atoms with Crippen molar-refractivity contribution in [2.45, 2.75) is 26.4 Å². The quantitative estimate of drug-likeness (QED) is 0.478. The highest BCUT2D eigenvalue weighted by Crippen LogP contribution is 2.27. The predicted molar refractivity (Wildman–Crippen MR) is 90.7 cm³/mol. The molecule has 2 aromatic rings. The number of rotatable bonds is 6. The number of fused-ring (bicyclic) bond motifs is 1. The molecule has 0 bridgehead atoms. The van der Waals surface area contributed by atoms with Crippen molar-refractivity contribution in [3.05, 3.63) is 30.0 Å². The number of nitrogens with two attached hydrogens (primary N) is 2. The lowest BCUT2D eigenvalue weighted by Gasteiger charge is -2.19. The maximum absolute atomic E-state index is 12.6. The van der Waals surface area contributed by atoms with Crippen LogP contribution in [-0.2, 0) is 0 Å². The lowest BCUT2D eigenvalue weighted by Crippen LogP contribution is -2.42. The molecule has 2 rings (SSSR count). The molecule has 0 spiro atoms. The maximum atomic E-state index is 12.6. The van der Waals surface area contributed by atoms with Crippen molar-refractivity contribution in [3.8, 4) is 5.75 Å². The molecule has 0 atom stereocenters. The van der Waals surface area contributed by atoms with E-state index in [4.69, 9.17) is 21.6 Å². The topological polar surface area (TPSA) is 121 Å². The molecule has 0 aliphatic heterocycles. The van der Waals surface area contributed by atoms with Crippen LogP contribution in [0.25, 0.3) is 10.9 Å². The summed E-state index contributed by atoms with van der Waals surface area (Å²) in [5.41, 5.74) is 12.2. The Morgan fingerprint density at radius 2 is 2.17 bits per heavy atom. The standard InChI is InChI=1S/C16H23N5O2/c1-10(2)23-14-6-3-5-12-11(14)9-13(20-12)15(22)21(16(18)19)8-4-7-17/h3,5-6,9-10,20H,4,7-8,17H2,1-2H3,(H3,18,19). The molecule has 1 amide bonds. The van der Waals surface area contributed by atoms with E-state index < -0.39 is 0 Å². The van der Waals surface area contributed by atoms with E-state index in [9.17, 15) is 4.79 Å². The van der Waals surface area contributed by atoms with Crippen molar-refractivity contribution in [1.82, 2.24) is 9.88 Å². The number of benzene rings is 1. The van der Waals surface area contributed by atoms with Gasteiger partial charge in [-0.2, -0.15) is 0 Å². The molecule has 1 aromatic carbocycles. The molecule has 0 radical (unpaired) electrons. The van der Waals surface area contributed by atoms with Crippen molar-refractivity contribution in [1.29, 1.82) is 5.41 Å². The van der Waals surface area contributed by atoms with E-state index >= 15 is 0 Å². The Balaban J connectivity index is 2.35. The first kappa shape index (κ1) is 16.8. The number of nitrogens with one attached hydrogen (secondary N) is 2. The highest BCUT2D eigenvalue weighted by Gasteiger charge is 2.20. The van der Waals surface area contributed by atoms with Crippen LogP contribution < -0.4 is 16.2 Å². The van der Waals surface area contributed by atoms with E-state index in [-0.39, 0.29) is 18.0 Å². The number of carbonyl (C=O) groups excluding carboxylic acids is 1. The second-order valence-corrected chi connectivity index (χ2v) is 5.55. The van der Waals surface area contributed by atoms with Gasteiger partial charge in [0, 0.05) is 17.4 Å². The fraction of sp³-hybridized carbons (Fsp3) is 0.375. The molecule has 23 heavy (non-hydrogen) atoms. The number of ether oxygens (including phenoxy) is 1. The number of amides is 1. The van der Waals surface area contributed by atoms with Gasteiger partial charge in [0.05, 0.1) is 6.10 Å². The maximum Gasteiger partial charge on any atom is 0.277 e. The molecular formula is C16H23N5O2. The third-order valence-electron chi connectivity index (χ3n) is 3.34. The Labute approximate surface area is 135 Å². The Hall–Kier alpha value is -2.54. The van der Waals surface area contributed by atoms with Gasteiger partial charge < -0.3 is 21.2 Å². The molecule has 0 saturated heterocycles. The average molecular weight is 317 g/mol. The molecule has 1 aromatic heterocycles.